The van der Waals surface area contributed by atoms with E-state index in [4.69, 9.17) is 10.8 Å². The van der Waals surface area contributed by atoms with E-state index in [2.05, 4.69) is 20.3 Å². The van der Waals surface area contributed by atoms with Gasteiger partial charge in [-0.3, -0.25) is 0 Å². The van der Waals surface area contributed by atoms with Crippen molar-refractivity contribution in [3.8, 4) is 0 Å². The van der Waals surface area contributed by atoms with Crippen LogP contribution in [-0.2, 0) is 0 Å². The van der Waals surface area contributed by atoms with E-state index in [1.165, 1.54) is 0 Å². The van der Waals surface area contributed by atoms with Crippen LogP contribution in [0.5, 0.6) is 0 Å². The zero-order valence-corrected chi connectivity index (χ0v) is 6.78. The zero-order chi connectivity index (χ0) is 8.97. The number of aryl methyl sites for hydroxylation is 1. The Labute approximate surface area is 69.9 Å². The van der Waals surface area contributed by atoms with E-state index < -0.39 is 0 Å². The lowest BCUT2D eigenvalue weighted by Crippen LogP contribution is -2.11. The molecule has 1 aromatic heterocycles. The molecule has 0 bridgehead atoms. The van der Waals surface area contributed by atoms with Crippen LogP contribution in [0.15, 0.2) is 0 Å². The Balaban J connectivity index is 2.72. The molecular weight excluding hydrogens is 158 g/mol. The van der Waals surface area contributed by atoms with Crippen LogP contribution < -0.4 is 11.1 Å². The average Bonchev–Trinajstić information content (AvgIpc) is 1.99. The molecular formula is C6H11N5O. The number of anilines is 2. The van der Waals surface area contributed by atoms with Crippen LogP contribution in [-0.4, -0.2) is 33.2 Å². The third kappa shape index (κ3) is 2.31. The highest BCUT2D eigenvalue weighted by molar-refractivity contribution is 5.30. The highest BCUT2D eigenvalue weighted by Crippen LogP contribution is 2.00. The summed E-state index contributed by atoms with van der Waals surface area (Å²) in [6.07, 6.45) is 0. The maximum Gasteiger partial charge on any atom is 0.227 e. The molecule has 1 rings (SSSR count). The predicted octanol–water partition coefficient (Wildman–Crippen LogP) is -0.834. The Morgan fingerprint density at radius 1 is 1.42 bits per heavy atom. The Kier molecular flexibility index (Phi) is 2.76. The molecule has 0 saturated carbocycles. The predicted molar refractivity (Wildman–Crippen MR) is 44.6 cm³/mol. The number of nitrogens with one attached hydrogen (secondary N) is 1. The largest absolute Gasteiger partial charge is 0.395 e. The molecule has 0 aromatic carbocycles. The number of hydrogen-bond donors (Lipinski definition) is 3. The summed E-state index contributed by atoms with van der Waals surface area (Å²) in [6.45, 7) is 2.16. The molecule has 0 aliphatic carbocycles. The molecule has 0 spiro atoms. The van der Waals surface area contributed by atoms with E-state index in [-0.39, 0.29) is 12.6 Å². The van der Waals surface area contributed by atoms with Gasteiger partial charge in [-0.25, -0.2) is 0 Å². The molecule has 0 amide bonds. The van der Waals surface area contributed by atoms with Gasteiger partial charge in [0.1, 0.15) is 5.82 Å². The summed E-state index contributed by atoms with van der Waals surface area (Å²) < 4.78 is 0. The number of aliphatic hydroxyl groups excluding tert-OH is 1. The van der Waals surface area contributed by atoms with Crippen molar-refractivity contribution in [3.63, 3.8) is 0 Å². The fourth-order valence-corrected chi connectivity index (χ4v) is 0.749. The van der Waals surface area contributed by atoms with Crippen LogP contribution in [0.25, 0.3) is 0 Å². The highest BCUT2D eigenvalue weighted by atomic mass is 16.3. The summed E-state index contributed by atoms with van der Waals surface area (Å²) >= 11 is 0. The maximum absolute atomic E-state index is 8.50. The minimum absolute atomic E-state index is 0.0324. The Hall–Kier alpha value is -1.43. The fraction of sp³-hybridized carbons (Fsp3) is 0.500. The van der Waals surface area contributed by atoms with Gasteiger partial charge in [-0.2, -0.15) is 15.0 Å². The molecule has 0 fully saturated rings. The SMILES string of the molecule is Cc1nc(N)nc(NCCO)n1. The van der Waals surface area contributed by atoms with Gasteiger partial charge in [0.2, 0.25) is 11.9 Å². The monoisotopic (exact) mass is 169 g/mol. The van der Waals surface area contributed by atoms with Crippen molar-refractivity contribution in [2.75, 3.05) is 24.2 Å². The first-order valence-corrected chi connectivity index (χ1v) is 3.55. The van der Waals surface area contributed by atoms with Gasteiger partial charge in [0.15, 0.2) is 0 Å². The lowest BCUT2D eigenvalue weighted by molar-refractivity contribution is 0.310. The normalized spacial score (nSPS) is 9.83. The fourth-order valence-electron chi connectivity index (χ4n) is 0.749. The van der Waals surface area contributed by atoms with Crippen LogP contribution in [0.4, 0.5) is 11.9 Å². The molecule has 0 aliphatic heterocycles. The second kappa shape index (κ2) is 3.82. The van der Waals surface area contributed by atoms with E-state index in [0.717, 1.165) is 0 Å². The lowest BCUT2D eigenvalue weighted by Gasteiger charge is -2.02. The quantitative estimate of drug-likeness (QED) is 0.546. The number of nitrogens with two attached hydrogens (primary N) is 1. The summed E-state index contributed by atoms with van der Waals surface area (Å²) in [5, 5.41) is 11.3. The molecule has 6 nitrogen and oxygen atoms in total. The van der Waals surface area contributed by atoms with Crippen molar-refractivity contribution >= 4 is 11.9 Å². The van der Waals surface area contributed by atoms with Gasteiger partial charge in [0, 0.05) is 6.54 Å². The van der Waals surface area contributed by atoms with E-state index in [1.807, 2.05) is 0 Å². The molecule has 0 aliphatic rings. The second-order valence-electron chi connectivity index (χ2n) is 2.21. The van der Waals surface area contributed by atoms with Crippen LogP contribution in [0.1, 0.15) is 5.82 Å². The van der Waals surface area contributed by atoms with Crippen LogP contribution in [0.2, 0.25) is 0 Å². The smallest absolute Gasteiger partial charge is 0.227 e. The first kappa shape index (κ1) is 8.66. The van der Waals surface area contributed by atoms with Crippen molar-refractivity contribution in [3.05, 3.63) is 5.82 Å². The minimum atomic E-state index is 0.0324. The van der Waals surface area contributed by atoms with Gasteiger partial charge in [0.05, 0.1) is 6.61 Å². The van der Waals surface area contributed by atoms with E-state index in [9.17, 15) is 0 Å². The standard InChI is InChI=1S/C6H11N5O/c1-4-9-5(7)11-6(10-4)8-2-3-12/h12H,2-3H2,1H3,(H3,7,8,9,10,11). The molecule has 0 saturated heterocycles. The van der Waals surface area contributed by atoms with Crippen LogP contribution >= 0.6 is 0 Å². The van der Waals surface area contributed by atoms with Crippen molar-refractivity contribution in [2.24, 2.45) is 0 Å². The second-order valence-corrected chi connectivity index (χ2v) is 2.21. The van der Waals surface area contributed by atoms with Gasteiger partial charge in [-0.1, -0.05) is 0 Å². The third-order valence-electron chi connectivity index (χ3n) is 1.16. The molecule has 4 N–H and O–H groups in total. The van der Waals surface area contributed by atoms with E-state index in [0.29, 0.717) is 18.3 Å². The Bertz CT molecular complexity index is 244. The Morgan fingerprint density at radius 2 is 2.17 bits per heavy atom. The summed E-state index contributed by atoms with van der Waals surface area (Å²) in [5.74, 6) is 1.14. The minimum Gasteiger partial charge on any atom is -0.395 e. The highest BCUT2D eigenvalue weighted by Gasteiger charge is 1.98. The van der Waals surface area contributed by atoms with Gasteiger partial charge in [-0.15, -0.1) is 0 Å². The molecule has 1 heterocycles. The third-order valence-corrected chi connectivity index (χ3v) is 1.16. The summed E-state index contributed by atoms with van der Waals surface area (Å²) in [6, 6.07) is 0. The zero-order valence-electron chi connectivity index (χ0n) is 6.78. The first-order valence-electron chi connectivity index (χ1n) is 3.55. The number of nitrogens with zero attached hydrogens (tertiary/aromatic N) is 3. The number of hydrogen-bond acceptors (Lipinski definition) is 6. The van der Waals surface area contributed by atoms with Crippen LogP contribution in [0, 0.1) is 6.92 Å². The summed E-state index contributed by atoms with van der Waals surface area (Å²) in [7, 11) is 0. The van der Waals surface area contributed by atoms with Gasteiger partial charge >= 0.3 is 0 Å². The van der Waals surface area contributed by atoms with E-state index >= 15 is 0 Å². The molecule has 0 radical (unpaired) electrons. The average molecular weight is 169 g/mol. The van der Waals surface area contributed by atoms with Crippen molar-refractivity contribution in [1.82, 2.24) is 15.0 Å². The molecule has 0 unspecified atom stereocenters. The Morgan fingerprint density at radius 3 is 2.75 bits per heavy atom. The topological polar surface area (TPSA) is 97.0 Å². The number of aliphatic hydroxyl groups is 1. The number of nitrogen functional groups attached to an aromatic ring is 1. The first-order chi connectivity index (χ1) is 5.72. The van der Waals surface area contributed by atoms with Crippen LogP contribution in [0.3, 0.4) is 0 Å². The summed E-state index contributed by atoms with van der Waals surface area (Å²) in [4.78, 5) is 11.5. The van der Waals surface area contributed by atoms with Gasteiger partial charge in [0.25, 0.3) is 0 Å². The molecule has 1 aromatic rings. The van der Waals surface area contributed by atoms with Gasteiger partial charge < -0.3 is 16.2 Å². The summed E-state index contributed by atoms with van der Waals surface area (Å²) in [5.41, 5.74) is 5.37. The van der Waals surface area contributed by atoms with Crippen molar-refractivity contribution in [2.45, 2.75) is 6.92 Å². The number of aromatic nitrogens is 3. The molecule has 6 heteroatoms. The maximum atomic E-state index is 8.50. The van der Waals surface area contributed by atoms with Gasteiger partial charge in [-0.05, 0) is 6.92 Å². The number of rotatable bonds is 3. The molecule has 66 valence electrons. The van der Waals surface area contributed by atoms with Crippen molar-refractivity contribution in [1.29, 1.82) is 0 Å². The molecule has 12 heavy (non-hydrogen) atoms. The van der Waals surface area contributed by atoms with E-state index in [1.54, 1.807) is 6.92 Å². The lowest BCUT2D eigenvalue weighted by atomic mass is 10.6. The molecule has 0 atom stereocenters. The van der Waals surface area contributed by atoms with Crippen molar-refractivity contribution < 1.29 is 5.11 Å².